The predicted octanol–water partition coefficient (Wildman–Crippen LogP) is 5.29. The van der Waals surface area contributed by atoms with Crippen molar-refractivity contribution in [1.29, 1.82) is 0 Å². The first-order valence-electron chi connectivity index (χ1n) is 7.26. The molecule has 2 N–H and O–H groups in total. The Kier molecular flexibility index (Phi) is 5.20. The van der Waals surface area contributed by atoms with Gasteiger partial charge in [0, 0.05) is 4.47 Å². The van der Waals surface area contributed by atoms with Gasteiger partial charge in [-0.2, -0.15) is 13.2 Å². The van der Waals surface area contributed by atoms with Crippen LogP contribution in [0.5, 0.6) is 17.2 Å². The van der Waals surface area contributed by atoms with Gasteiger partial charge >= 0.3 is 6.18 Å². The summed E-state index contributed by atoms with van der Waals surface area (Å²) in [6.07, 6.45) is -3.27. The van der Waals surface area contributed by atoms with Gasteiger partial charge in [-0.3, -0.25) is 14.9 Å². The lowest BCUT2D eigenvalue weighted by Crippen LogP contribution is -2.17. The number of carbonyl (C=O) groups excluding carboxylic acids is 2. The van der Waals surface area contributed by atoms with E-state index < -0.39 is 34.4 Å². The lowest BCUT2D eigenvalue weighted by Gasteiger charge is -2.15. The fraction of sp³-hybridized carbons (Fsp3) is 0.0588. The maximum atomic E-state index is 13.2. The van der Waals surface area contributed by atoms with Crippen molar-refractivity contribution in [3.63, 3.8) is 0 Å². The van der Waals surface area contributed by atoms with Crippen LogP contribution in [0.25, 0.3) is 6.08 Å². The zero-order chi connectivity index (χ0) is 19.8. The average Bonchev–Trinajstić information content (AvgIpc) is 2.88. The van der Waals surface area contributed by atoms with Crippen molar-refractivity contribution in [2.75, 3.05) is 0 Å². The molecule has 27 heavy (non-hydrogen) atoms. The van der Waals surface area contributed by atoms with Gasteiger partial charge in [-0.25, -0.2) is 0 Å². The molecule has 3 rings (SSSR count). The van der Waals surface area contributed by atoms with E-state index in [-0.39, 0.29) is 15.1 Å². The molecule has 1 saturated heterocycles. The molecule has 2 aromatic rings. The van der Waals surface area contributed by atoms with Crippen molar-refractivity contribution in [3.8, 4) is 17.2 Å². The predicted molar refractivity (Wildman–Crippen MR) is 96.4 cm³/mol. The van der Waals surface area contributed by atoms with E-state index in [2.05, 4.69) is 21.2 Å². The number of benzene rings is 2. The molecule has 10 heteroatoms. The van der Waals surface area contributed by atoms with Crippen LogP contribution < -0.4 is 10.1 Å². The minimum absolute atomic E-state index is 0.139. The van der Waals surface area contributed by atoms with E-state index in [0.717, 1.165) is 12.1 Å². The van der Waals surface area contributed by atoms with Gasteiger partial charge < -0.3 is 9.84 Å². The number of thioether (sulfide) groups is 1. The van der Waals surface area contributed by atoms with Crippen LogP contribution in [0.3, 0.4) is 0 Å². The molecule has 0 saturated carbocycles. The molecule has 0 atom stereocenters. The topological polar surface area (TPSA) is 75.6 Å². The third kappa shape index (κ3) is 4.45. The first-order valence-corrected chi connectivity index (χ1v) is 8.87. The van der Waals surface area contributed by atoms with Crippen molar-refractivity contribution in [2.24, 2.45) is 0 Å². The lowest BCUT2D eigenvalue weighted by molar-refractivity contribution is -0.138. The van der Waals surface area contributed by atoms with Gasteiger partial charge in [0.05, 0.1) is 10.5 Å². The molecular weight excluding hydrogens is 451 g/mol. The van der Waals surface area contributed by atoms with E-state index in [1.54, 1.807) is 0 Å². The zero-order valence-corrected chi connectivity index (χ0v) is 15.5. The Morgan fingerprint density at radius 1 is 1.11 bits per heavy atom. The number of phenols is 1. The lowest BCUT2D eigenvalue weighted by atomic mass is 10.1. The highest BCUT2D eigenvalue weighted by Gasteiger charge is 2.35. The second kappa shape index (κ2) is 7.28. The number of aromatic hydroxyl groups is 1. The summed E-state index contributed by atoms with van der Waals surface area (Å²) in [7, 11) is 0. The number of carbonyl (C=O) groups is 2. The van der Waals surface area contributed by atoms with Gasteiger partial charge in [0.25, 0.3) is 11.1 Å². The van der Waals surface area contributed by atoms with E-state index in [1.807, 2.05) is 0 Å². The number of hydrogen-bond acceptors (Lipinski definition) is 5. The number of rotatable bonds is 3. The average molecular weight is 460 g/mol. The van der Waals surface area contributed by atoms with E-state index in [0.29, 0.717) is 17.3 Å². The molecule has 1 fully saturated rings. The summed E-state index contributed by atoms with van der Waals surface area (Å²) in [5, 5.41) is 11.7. The molecule has 0 aliphatic carbocycles. The molecule has 1 heterocycles. The highest BCUT2D eigenvalue weighted by Crippen LogP contribution is 2.41. The molecule has 0 spiro atoms. The minimum atomic E-state index is -4.64. The van der Waals surface area contributed by atoms with Gasteiger partial charge in [-0.15, -0.1) is 0 Å². The van der Waals surface area contributed by atoms with Gasteiger partial charge in [-0.05, 0) is 53.7 Å². The number of alkyl halides is 3. The summed E-state index contributed by atoms with van der Waals surface area (Å²) >= 11 is 3.69. The van der Waals surface area contributed by atoms with Gasteiger partial charge in [0.15, 0.2) is 11.5 Å². The maximum Gasteiger partial charge on any atom is 0.420 e. The fourth-order valence-electron chi connectivity index (χ4n) is 2.21. The van der Waals surface area contributed by atoms with Crippen LogP contribution in [-0.4, -0.2) is 16.3 Å². The third-order valence-electron chi connectivity index (χ3n) is 3.39. The standard InChI is InChI=1S/C17H9BrF3NO4S/c18-9-2-4-12(10(7-9)17(19,20)21)26-13-3-1-8(5-11(13)23)6-14-15(24)22-16(25)27-14/h1-7,23H,(H,22,24,25)/b14-6-. The monoisotopic (exact) mass is 459 g/mol. The van der Waals surface area contributed by atoms with E-state index in [9.17, 15) is 27.9 Å². The van der Waals surface area contributed by atoms with E-state index in [1.165, 1.54) is 30.3 Å². The van der Waals surface area contributed by atoms with Gasteiger partial charge in [0.2, 0.25) is 0 Å². The second-order valence-electron chi connectivity index (χ2n) is 5.32. The van der Waals surface area contributed by atoms with Crippen molar-refractivity contribution in [2.45, 2.75) is 6.18 Å². The van der Waals surface area contributed by atoms with Crippen LogP contribution in [0.15, 0.2) is 45.8 Å². The molecule has 0 bridgehead atoms. The van der Waals surface area contributed by atoms with Crippen LogP contribution >= 0.6 is 27.7 Å². The fourth-order valence-corrected chi connectivity index (χ4v) is 3.26. The molecular formula is C17H9BrF3NO4S. The van der Waals surface area contributed by atoms with Crippen LogP contribution in [0, 0.1) is 0 Å². The number of ether oxygens (including phenoxy) is 1. The summed E-state index contributed by atoms with van der Waals surface area (Å²) in [6.45, 7) is 0. The Hall–Kier alpha value is -2.46. The smallest absolute Gasteiger partial charge is 0.420 e. The minimum Gasteiger partial charge on any atom is -0.504 e. The molecule has 2 amide bonds. The molecule has 5 nitrogen and oxygen atoms in total. The summed E-state index contributed by atoms with van der Waals surface area (Å²) in [5.74, 6) is -1.64. The highest BCUT2D eigenvalue weighted by atomic mass is 79.9. The zero-order valence-electron chi connectivity index (χ0n) is 13.1. The summed E-state index contributed by atoms with van der Waals surface area (Å²) < 4.78 is 44.9. The number of nitrogens with one attached hydrogen (secondary N) is 1. The Bertz CT molecular complexity index is 975. The number of phenolic OH excluding ortho intramolecular Hbond substituents is 1. The first-order chi connectivity index (χ1) is 12.6. The van der Waals surface area contributed by atoms with Crippen LogP contribution in [-0.2, 0) is 11.0 Å². The SMILES string of the molecule is O=C1NC(=O)/C(=C/c2ccc(Oc3ccc(Br)cc3C(F)(F)F)c(O)c2)S1. The summed E-state index contributed by atoms with van der Waals surface area (Å²) in [5.41, 5.74) is -0.626. The Morgan fingerprint density at radius 3 is 2.41 bits per heavy atom. The largest absolute Gasteiger partial charge is 0.504 e. The van der Waals surface area contributed by atoms with Crippen LogP contribution in [0.2, 0.25) is 0 Å². The second-order valence-corrected chi connectivity index (χ2v) is 7.25. The van der Waals surface area contributed by atoms with Gasteiger partial charge in [-0.1, -0.05) is 22.0 Å². The van der Waals surface area contributed by atoms with Gasteiger partial charge in [0.1, 0.15) is 5.75 Å². The van der Waals surface area contributed by atoms with Crippen molar-refractivity contribution >= 4 is 44.9 Å². The molecule has 1 aliphatic heterocycles. The molecule has 0 unspecified atom stereocenters. The van der Waals surface area contributed by atoms with Crippen molar-refractivity contribution in [1.82, 2.24) is 5.32 Å². The Balaban J connectivity index is 1.89. The van der Waals surface area contributed by atoms with E-state index in [4.69, 9.17) is 4.74 Å². The molecule has 0 aromatic heterocycles. The quantitative estimate of drug-likeness (QED) is 0.609. The van der Waals surface area contributed by atoms with Crippen LogP contribution in [0.4, 0.5) is 18.0 Å². The normalized spacial score (nSPS) is 15.9. The van der Waals surface area contributed by atoms with E-state index >= 15 is 0 Å². The number of halogens is 4. The van der Waals surface area contributed by atoms with Crippen LogP contribution in [0.1, 0.15) is 11.1 Å². The molecule has 1 aliphatic rings. The number of imide groups is 1. The molecule has 140 valence electrons. The summed E-state index contributed by atoms with van der Waals surface area (Å²) in [4.78, 5) is 22.8. The van der Waals surface area contributed by atoms with Crippen molar-refractivity contribution in [3.05, 3.63) is 56.9 Å². The molecule has 0 radical (unpaired) electrons. The number of hydrogen-bond donors (Lipinski definition) is 2. The summed E-state index contributed by atoms with van der Waals surface area (Å²) in [6, 6.07) is 7.30. The Morgan fingerprint density at radius 2 is 1.81 bits per heavy atom. The molecule has 2 aromatic carbocycles. The Labute approximate surface area is 163 Å². The third-order valence-corrected chi connectivity index (χ3v) is 4.69. The number of amides is 2. The maximum absolute atomic E-state index is 13.2. The highest BCUT2D eigenvalue weighted by molar-refractivity contribution is 9.10. The van der Waals surface area contributed by atoms with Crippen molar-refractivity contribution < 1.29 is 32.6 Å². The first kappa shape index (κ1) is 19.3.